The summed E-state index contributed by atoms with van der Waals surface area (Å²) in [5.41, 5.74) is 1.05. The zero-order valence-electron chi connectivity index (χ0n) is 12.3. The van der Waals surface area contributed by atoms with Gasteiger partial charge in [0.05, 0.1) is 10.4 Å². The van der Waals surface area contributed by atoms with Crippen molar-refractivity contribution in [2.24, 2.45) is 0 Å². The molecular formula is C16H17ClF2N2OS. The van der Waals surface area contributed by atoms with Crippen LogP contribution in [0.2, 0.25) is 4.34 Å². The molecule has 0 bridgehead atoms. The van der Waals surface area contributed by atoms with E-state index in [0.717, 1.165) is 41.0 Å². The van der Waals surface area contributed by atoms with Gasteiger partial charge in [0.1, 0.15) is 5.75 Å². The molecule has 1 aliphatic heterocycles. The first-order chi connectivity index (χ1) is 11.1. The minimum absolute atomic E-state index is 0.0789. The Labute approximate surface area is 142 Å². The Bertz CT molecular complexity index is 629. The van der Waals surface area contributed by atoms with Gasteiger partial charge in [-0.25, -0.2) is 0 Å². The van der Waals surface area contributed by atoms with E-state index in [0.29, 0.717) is 0 Å². The average Bonchev–Trinajstić information content (AvgIpc) is 2.96. The number of thiophene rings is 1. The van der Waals surface area contributed by atoms with Crippen LogP contribution in [0.4, 0.5) is 8.78 Å². The third kappa shape index (κ3) is 4.20. The number of alkyl halides is 2. The number of benzene rings is 1. The molecule has 0 radical (unpaired) electrons. The van der Waals surface area contributed by atoms with Gasteiger partial charge in [-0.15, -0.1) is 11.3 Å². The summed E-state index contributed by atoms with van der Waals surface area (Å²) in [6.07, 6.45) is 0. The number of rotatable bonds is 5. The van der Waals surface area contributed by atoms with Crippen molar-refractivity contribution in [1.82, 2.24) is 10.2 Å². The first-order valence-electron chi connectivity index (χ1n) is 7.38. The molecule has 1 atom stereocenters. The predicted molar refractivity (Wildman–Crippen MR) is 88.7 cm³/mol. The lowest BCUT2D eigenvalue weighted by molar-refractivity contribution is -0.0498. The van der Waals surface area contributed by atoms with Crippen LogP contribution in [0.1, 0.15) is 16.5 Å². The number of hydrogen-bond donors (Lipinski definition) is 1. The molecule has 1 fully saturated rings. The lowest BCUT2D eigenvalue weighted by Crippen LogP contribution is -2.45. The van der Waals surface area contributed by atoms with Gasteiger partial charge in [-0.1, -0.05) is 23.7 Å². The second-order valence-corrected chi connectivity index (χ2v) is 7.02. The molecule has 3 rings (SSSR count). The highest BCUT2D eigenvalue weighted by Gasteiger charge is 2.25. The quantitative estimate of drug-likeness (QED) is 0.874. The highest BCUT2D eigenvalue weighted by molar-refractivity contribution is 7.16. The maximum absolute atomic E-state index is 12.3. The van der Waals surface area contributed by atoms with Crippen molar-refractivity contribution in [2.75, 3.05) is 26.2 Å². The fourth-order valence-corrected chi connectivity index (χ4v) is 4.03. The molecule has 1 saturated heterocycles. The highest BCUT2D eigenvalue weighted by atomic mass is 35.5. The molecule has 0 spiro atoms. The Balaban J connectivity index is 1.88. The van der Waals surface area contributed by atoms with Gasteiger partial charge in [0.2, 0.25) is 0 Å². The van der Waals surface area contributed by atoms with Gasteiger partial charge in [-0.05, 0) is 29.8 Å². The molecule has 23 heavy (non-hydrogen) atoms. The minimum Gasteiger partial charge on any atom is -0.435 e. The fourth-order valence-electron chi connectivity index (χ4n) is 2.80. The van der Waals surface area contributed by atoms with E-state index in [1.54, 1.807) is 23.5 Å². The summed E-state index contributed by atoms with van der Waals surface area (Å²) >= 11 is 7.65. The van der Waals surface area contributed by atoms with Crippen molar-refractivity contribution in [2.45, 2.75) is 12.7 Å². The number of ether oxygens (including phenoxy) is 1. The van der Waals surface area contributed by atoms with Crippen LogP contribution in [0.5, 0.6) is 5.75 Å². The summed E-state index contributed by atoms with van der Waals surface area (Å²) in [6.45, 7) is 0.913. The second kappa shape index (κ2) is 7.57. The third-order valence-electron chi connectivity index (χ3n) is 3.80. The van der Waals surface area contributed by atoms with Crippen molar-refractivity contribution in [1.29, 1.82) is 0 Å². The van der Waals surface area contributed by atoms with Crippen LogP contribution in [0.25, 0.3) is 0 Å². The molecule has 0 amide bonds. The molecule has 1 N–H and O–H groups in total. The first kappa shape index (κ1) is 16.6. The maximum atomic E-state index is 12.3. The molecule has 0 aliphatic carbocycles. The summed E-state index contributed by atoms with van der Waals surface area (Å²) < 4.78 is 29.8. The van der Waals surface area contributed by atoms with E-state index in [4.69, 9.17) is 11.6 Å². The molecule has 2 aromatic rings. The normalized spacial score (nSPS) is 17.4. The second-order valence-electron chi connectivity index (χ2n) is 5.28. The average molecular weight is 359 g/mol. The van der Waals surface area contributed by atoms with Gasteiger partial charge in [-0.3, -0.25) is 4.90 Å². The van der Waals surface area contributed by atoms with E-state index in [9.17, 15) is 8.78 Å². The van der Waals surface area contributed by atoms with Crippen LogP contribution >= 0.6 is 22.9 Å². The van der Waals surface area contributed by atoms with Crippen molar-refractivity contribution < 1.29 is 13.5 Å². The Morgan fingerprint density at radius 2 is 1.78 bits per heavy atom. The summed E-state index contributed by atoms with van der Waals surface area (Å²) in [5, 5.41) is 3.34. The molecule has 124 valence electrons. The molecule has 3 nitrogen and oxygen atoms in total. The van der Waals surface area contributed by atoms with Crippen molar-refractivity contribution in [3.8, 4) is 5.75 Å². The summed E-state index contributed by atoms with van der Waals surface area (Å²) in [5.74, 6) is 0.173. The van der Waals surface area contributed by atoms with Crippen LogP contribution in [-0.2, 0) is 0 Å². The van der Waals surface area contributed by atoms with E-state index in [1.165, 1.54) is 0 Å². The highest BCUT2D eigenvalue weighted by Crippen LogP contribution is 2.36. The van der Waals surface area contributed by atoms with Gasteiger partial charge in [0, 0.05) is 31.1 Å². The zero-order valence-corrected chi connectivity index (χ0v) is 13.9. The van der Waals surface area contributed by atoms with Crippen molar-refractivity contribution >= 4 is 22.9 Å². The van der Waals surface area contributed by atoms with Crippen LogP contribution in [0, 0.1) is 0 Å². The Morgan fingerprint density at radius 1 is 1.09 bits per heavy atom. The number of halogens is 3. The first-order valence-corrected chi connectivity index (χ1v) is 8.58. The van der Waals surface area contributed by atoms with E-state index >= 15 is 0 Å². The van der Waals surface area contributed by atoms with E-state index in [1.807, 2.05) is 24.3 Å². The van der Waals surface area contributed by atoms with Crippen molar-refractivity contribution in [3.05, 3.63) is 51.2 Å². The standard InChI is InChI=1S/C16H17ClF2N2OS/c17-14-6-5-13(23-14)15(21-9-7-20-8-10-21)11-1-3-12(4-2-11)22-16(18)19/h1-6,15-16,20H,7-10H2/t15-/m0/s1. The Morgan fingerprint density at radius 3 is 2.35 bits per heavy atom. The summed E-state index contributed by atoms with van der Waals surface area (Å²) in [7, 11) is 0. The van der Waals surface area contributed by atoms with Gasteiger partial charge in [-0.2, -0.15) is 8.78 Å². The van der Waals surface area contributed by atoms with E-state index < -0.39 is 6.61 Å². The Hall–Kier alpha value is -1.21. The van der Waals surface area contributed by atoms with Crippen LogP contribution in [0.15, 0.2) is 36.4 Å². The van der Waals surface area contributed by atoms with Gasteiger partial charge >= 0.3 is 6.61 Å². The summed E-state index contributed by atoms with van der Waals surface area (Å²) in [4.78, 5) is 3.53. The van der Waals surface area contributed by atoms with Crippen LogP contribution < -0.4 is 10.1 Å². The summed E-state index contributed by atoms with van der Waals surface area (Å²) in [6, 6.07) is 10.9. The molecule has 1 aromatic heterocycles. The number of nitrogens with zero attached hydrogens (tertiary/aromatic N) is 1. The molecule has 7 heteroatoms. The Kier molecular flexibility index (Phi) is 5.48. The smallest absolute Gasteiger partial charge is 0.387 e. The fraction of sp³-hybridized carbons (Fsp3) is 0.375. The minimum atomic E-state index is -2.80. The zero-order chi connectivity index (χ0) is 16.2. The monoisotopic (exact) mass is 358 g/mol. The van der Waals surface area contributed by atoms with Gasteiger partial charge < -0.3 is 10.1 Å². The molecule has 0 saturated carbocycles. The number of hydrogen-bond acceptors (Lipinski definition) is 4. The van der Waals surface area contributed by atoms with E-state index in [2.05, 4.69) is 15.0 Å². The van der Waals surface area contributed by atoms with Gasteiger partial charge in [0.25, 0.3) is 0 Å². The lowest BCUT2D eigenvalue weighted by atomic mass is 10.0. The maximum Gasteiger partial charge on any atom is 0.387 e. The largest absolute Gasteiger partial charge is 0.435 e. The number of nitrogens with one attached hydrogen (secondary N) is 1. The number of piperazine rings is 1. The molecule has 1 aromatic carbocycles. The van der Waals surface area contributed by atoms with Crippen LogP contribution in [-0.4, -0.2) is 37.7 Å². The lowest BCUT2D eigenvalue weighted by Gasteiger charge is -2.34. The third-order valence-corrected chi connectivity index (χ3v) is 5.08. The van der Waals surface area contributed by atoms with E-state index in [-0.39, 0.29) is 11.8 Å². The SMILES string of the molecule is FC(F)Oc1ccc([C@@H](c2ccc(Cl)s2)N2CCNCC2)cc1. The predicted octanol–water partition coefficient (Wildman–Crippen LogP) is 4.00. The topological polar surface area (TPSA) is 24.5 Å². The van der Waals surface area contributed by atoms with Gasteiger partial charge in [0.15, 0.2) is 0 Å². The molecule has 2 heterocycles. The van der Waals surface area contributed by atoms with Crippen molar-refractivity contribution in [3.63, 3.8) is 0 Å². The molecule has 1 aliphatic rings. The molecule has 0 unspecified atom stereocenters. The van der Waals surface area contributed by atoms with Crippen LogP contribution in [0.3, 0.4) is 0 Å². The molecular weight excluding hydrogens is 342 g/mol.